The van der Waals surface area contributed by atoms with Gasteiger partial charge in [0.15, 0.2) is 0 Å². The smallest absolute Gasteiger partial charge is 0.277 e. The van der Waals surface area contributed by atoms with Gasteiger partial charge in [0.1, 0.15) is 0 Å². The largest absolute Gasteiger partial charge is 0.416 e. The molecule has 5 nitrogen and oxygen atoms in total. The van der Waals surface area contributed by atoms with Gasteiger partial charge in [-0.25, -0.2) is 0 Å². The van der Waals surface area contributed by atoms with Crippen molar-refractivity contribution in [3.8, 4) is 0 Å². The number of anilines is 1. The van der Waals surface area contributed by atoms with E-state index in [1.165, 1.54) is 24.4 Å². The number of alkyl halides is 3. The molecule has 0 aliphatic heterocycles. The lowest BCUT2D eigenvalue weighted by Crippen LogP contribution is -2.05. The molecule has 130 valence electrons. The van der Waals surface area contributed by atoms with Crippen molar-refractivity contribution in [3.63, 3.8) is 0 Å². The molecule has 0 spiro atoms. The quantitative estimate of drug-likeness (QED) is 0.437. The number of nitrogens with zero attached hydrogens (tertiary/aromatic N) is 2. The van der Waals surface area contributed by atoms with Crippen LogP contribution in [0.5, 0.6) is 0 Å². The van der Waals surface area contributed by atoms with Crippen molar-refractivity contribution in [1.82, 2.24) is 0 Å². The van der Waals surface area contributed by atoms with Gasteiger partial charge in [-0.1, -0.05) is 23.7 Å². The second-order valence-corrected chi connectivity index (χ2v) is 5.16. The summed E-state index contributed by atoms with van der Waals surface area (Å²) in [6, 6.07) is 8.92. The third-order valence-electron chi connectivity index (χ3n) is 3.05. The van der Waals surface area contributed by atoms with Crippen LogP contribution in [0.4, 0.5) is 24.5 Å². The fraction of sp³-hybridized carbons (Fsp3) is 0.0625. The first-order valence-corrected chi connectivity index (χ1v) is 7.23. The van der Waals surface area contributed by atoms with Gasteiger partial charge in [0.05, 0.1) is 26.8 Å². The second-order valence-electron chi connectivity index (χ2n) is 4.76. The van der Waals surface area contributed by atoms with Gasteiger partial charge in [-0.15, -0.1) is 0 Å². The molecule has 0 aliphatic rings. The van der Waals surface area contributed by atoms with E-state index in [0.717, 1.165) is 18.2 Å². The Morgan fingerprint density at radius 2 is 1.92 bits per heavy atom. The van der Waals surface area contributed by atoms with Gasteiger partial charge >= 0.3 is 6.18 Å². The number of rotatable bonds is 5. The summed E-state index contributed by atoms with van der Waals surface area (Å²) in [7, 11) is 0. The number of halogens is 4. The molecule has 2 rings (SSSR count). The minimum absolute atomic E-state index is 0.00756. The fourth-order valence-corrected chi connectivity index (χ4v) is 2.04. The van der Waals surface area contributed by atoms with Crippen molar-refractivity contribution < 1.29 is 18.1 Å². The number of hydrogen-bond acceptors (Lipinski definition) is 4. The van der Waals surface area contributed by atoms with Crippen LogP contribution >= 0.6 is 11.6 Å². The predicted octanol–water partition coefficient (Wildman–Crippen LogP) is 5.38. The standard InChI is InChI=1S/C16H11ClF3N3O2/c17-13-8-7-12(16(18,19)20)10-14(13)22-21-9-3-5-11-4-1-2-6-15(11)23(24)25/h1-10,22H/b5-3+,21-9+. The van der Waals surface area contributed by atoms with Crippen molar-refractivity contribution in [2.75, 3.05) is 5.43 Å². The number of hydrogen-bond donors (Lipinski definition) is 1. The zero-order valence-corrected chi connectivity index (χ0v) is 13.3. The second kappa shape index (κ2) is 7.80. The van der Waals surface area contributed by atoms with E-state index in [2.05, 4.69) is 10.5 Å². The molecule has 0 fully saturated rings. The maximum absolute atomic E-state index is 12.7. The van der Waals surface area contributed by atoms with Crippen molar-refractivity contribution in [2.24, 2.45) is 5.10 Å². The van der Waals surface area contributed by atoms with Gasteiger partial charge in [0, 0.05) is 12.3 Å². The Bertz CT molecular complexity index is 836. The summed E-state index contributed by atoms with van der Waals surface area (Å²) in [5.74, 6) is 0. The maximum Gasteiger partial charge on any atom is 0.416 e. The monoisotopic (exact) mass is 369 g/mol. The topological polar surface area (TPSA) is 67.5 Å². The molecule has 0 aliphatic carbocycles. The highest BCUT2D eigenvalue weighted by Gasteiger charge is 2.30. The highest BCUT2D eigenvalue weighted by atomic mass is 35.5. The fourth-order valence-electron chi connectivity index (χ4n) is 1.88. The summed E-state index contributed by atoms with van der Waals surface area (Å²) in [5.41, 5.74) is 1.84. The van der Waals surface area contributed by atoms with E-state index in [0.29, 0.717) is 5.56 Å². The maximum atomic E-state index is 12.7. The van der Waals surface area contributed by atoms with Crippen LogP contribution in [0, 0.1) is 10.1 Å². The molecule has 0 saturated heterocycles. The number of benzene rings is 2. The van der Waals surface area contributed by atoms with E-state index in [-0.39, 0.29) is 16.4 Å². The van der Waals surface area contributed by atoms with Crippen molar-refractivity contribution in [3.05, 3.63) is 74.8 Å². The molecule has 0 amide bonds. The van der Waals surface area contributed by atoms with E-state index in [9.17, 15) is 23.3 Å². The van der Waals surface area contributed by atoms with Gasteiger partial charge in [-0.3, -0.25) is 15.5 Å². The van der Waals surface area contributed by atoms with Crippen LogP contribution in [-0.2, 0) is 6.18 Å². The number of hydrazone groups is 1. The van der Waals surface area contributed by atoms with Gasteiger partial charge in [0.25, 0.3) is 5.69 Å². The number of nitrogens with one attached hydrogen (secondary N) is 1. The number of nitro groups is 1. The molecule has 0 saturated carbocycles. The van der Waals surface area contributed by atoms with E-state index < -0.39 is 16.7 Å². The minimum Gasteiger partial charge on any atom is -0.277 e. The zero-order chi connectivity index (χ0) is 18.4. The Balaban J connectivity index is 2.09. The molecular weight excluding hydrogens is 359 g/mol. The molecule has 0 atom stereocenters. The summed E-state index contributed by atoms with van der Waals surface area (Å²) in [5, 5.41) is 14.7. The van der Waals surface area contributed by atoms with Gasteiger partial charge in [0.2, 0.25) is 0 Å². The minimum atomic E-state index is -4.49. The van der Waals surface area contributed by atoms with Crippen molar-refractivity contribution >= 4 is 35.3 Å². The predicted molar refractivity (Wildman–Crippen MR) is 90.7 cm³/mol. The average molecular weight is 370 g/mol. The first-order chi connectivity index (χ1) is 11.8. The summed E-state index contributed by atoms with van der Waals surface area (Å²) in [6.07, 6.45) is -0.377. The molecule has 2 aromatic rings. The SMILES string of the molecule is O=[N+]([O-])c1ccccc1/C=C/C=N/Nc1cc(C(F)(F)F)ccc1Cl. The summed E-state index contributed by atoms with van der Waals surface area (Å²) in [4.78, 5) is 10.3. The Hall–Kier alpha value is -2.87. The van der Waals surface area contributed by atoms with E-state index in [1.807, 2.05) is 0 Å². The van der Waals surface area contributed by atoms with Crippen LogP contribution in [0.1, 0.15) is 11.1 Å². The summed E-state index contributed by atoms with van der Waals surface area (Å²) in [6.45, 7) is 0. The van der Waals surface area contributed by atoms with E-state index >= 15 is 0 Å². The highest BCUT2D eigenvalue weighted by Crippen LogP contribution is 2.33. The third kappa shape index (κ3) is 5.05. The van der Waals surface area contributed by atoms with Crippen LogP contribution in [-0.4, -0.2) is 11.1 Å². The van der Waals surface area contributed by atoms with Crippen LogP contribution in [0.2, 0.25) is 5.02 Å². The summed E-state index contributed by atoms with van der Waals surface area (Å²) < 4.78 is 38.0. The van der Waals surface area contributed by atoms with Gasteiger partial charge in [-0.2, -0.15) is 18.3 Å². The van der Waals surface area contributed by atoms with E-state index in [1.54, 1.807) is 18.2 Å². The molecule has 2 aromatic carbocycles. The molecule has 0 aromatic heterocycles. The van der Waals surface area contributed by atoms with Crippen molar-refractivity contribution in [1.29, 1.82) is 0 Å². The number of allylic oxidation sites excluding steroid dienone is 1. The lowest BCUT2D eigenvalue weighted by atomic mass is 10.1. The normalized spacial score (nSPS) is 12.0. The van der Waals surface area contributed by atoms with Crippen LogP contribution < -0.4 is 5.43 Å². The number of nitro benzene ring substituents is 1. The average Bonchev–Trinajstić information content (AvgIpc) is 2.55. The number of para-hydroxylation sites is 1. The molecule has 25 heavy (non-hydrogen) atoms. The Morgan fingerprint density at radius 1 is 1.20 bits per heavy atom. The third-order valence-corrected chi connectivity index (χ3v) is 3.38. The van der Waals surface area contributed by atoms with E-state index in [4.69, 9.17) is 11.6 Å². The Morgan fingerprint density at radius 3 is 2.60 bits per heavy atom. The molecular formula is C16H11ClF3N3O2. The van der Waals surface area contributed by atoms with Crippen LogP contribution in [0.25, 0.3) is 6.08 Å². The first kappa shape index (κ1) is 18.5. The van der Waals surface area contributed by atoms with Crippen LogP contribution in [0.15, 0.2) is 53.6 Å². The Labute approximate surface area is 145 Å². The molecule has 0 heterocycles. The van der Waals surface area contributed by atoms with Gasteiger partial charge < -0.3 is 0 Å². The highest BCUT2D eigenvalue weighted by molar-refractivity contribution is 6.33. The lowest BCUT2D eigenvalue weighted by Gasteiger charge is -2.09. The molecule has 0 radical (unpaired) electrons. The molecule has 0 unspecified atom stereocenters. The van der Waals surface area contributed by atoms with Crippen LogP contribution in [0.3, 0.4) is 0 Å². The first-order valence-electron chi connectivity index (χ1n) is 6.85. The summed E-state index contributed by atoms with van der Waals surface area (Å²) >= 11 is 5.81. The molecule has 1 N–H and O–H groups in total. The Kier molecular flexibility index (Phi) is 5.76. The lowest BCUT2D eigenvalue weighted by molar-refractivity contribution is -0.385. The zero-order valence-electron chi connectivity index (χ0n) is 12.5. The molecule has 9 heteroatoms. The van der Waals surface area contributed by atoms with Gasteiger partial charge in [-0.05, 0) is 36.4 Å². The van der Waals surface area contributed by atoms with Crippen molar-refractivity contribution in [2.45, 2.75) is 6.18 Å². The molecule has 0 bridgehead atoms.